The maximum absolute atomic E-state index is 12.3. The van der Waals surface area contributed by atoms with Crippen LogP contribution in [0.25, 0.3) is 0 Å². The number of anilines is 1. The Morgan fingerprint density at radius 3 is 2.55 bits per heavy atom. The second kappa shape index (κ2) is 6.75. The lowest BCUT2D eigenvalue weighted by atomic mass is 10.2. The zero-order valence-corrected chi connectivity index (χ0v) is 12.5. The van der Waals surface area contributed by atoms with Crippen molar-refractivity contribution in [3.63, 3.8) is 0 Å². The van der Waals surface area contributed by atoms with Crippen LogP contribution in [0.15, 0.2) is 24.3 Å². The van der Waals surface area contributed by atoms with Crippen molar-refractivity contribution in [2.75, 3.05) is 25.4 Å². The SMILES string of the molecule is CCN(CC)C(=O)CN(Cc1cccc(N)c1)C1CC1. The average Bonchev–Trinajstić information content (AvgIpc) is 3.23. The van der Waals surface area contributed by atoms with E-state index in [4.69, 9.17) is 5.73 Å². The predicted molar refractivity (Wildman–Crippen MR) is 82.2 cm³/mol. The standard InChI is InChI=1S/C16H25N3O/c1-3-18(4-2)16(20)12-19(15-8-9-15)11-13-6-5-7-14(17)10-13/h5-7,10,15H,3-4,8-9,11-12,17H2,1-2H3. The molecule has 1 amide bonds. The number of nitrogens with two attached hydrogens (primary N) is 1. The highest BCUT2D eigenvalue weighted by molar-refractivity contribution is 5.78. The Hall–Kier alpha value is -1.55. The highest BCUT2D eigenvalue weighted by atomic mass is 16.2. The Bertz CT molecular complexity index is 453. The molecule has 1 aliphatic carbocycles. The van der Waals surface area contributed by atoms with Crippen LogP contribution in [0, 0.1) is 0 Å². The van der Waals surface area contributed by atoms with Gasteiger partial charge in [-0.15, -0.1) is 0 Å². The number of carbonyl (C=O) groups is 1. The molecular formula is C16H25N3O. The lowest BCUT2D eigenvalue weighted by Gasteiger charge is -2.26. The molecule has 0 heterocycles. The van der Waals surface area contributed by atoms with Crippen molar-refractivity contribution in [2.24, 2.45) is 0 Å². The molecule has 1 aromatic rings. The third-order valence-electron chi connectivity index (χ3n) is 3.85. The van der Waals surface area contributed by atoms with Gasteiger partial charge in [-0.2, -0.15) is 0 Å². The summed E-state index contributed by atoms with van der Waals surface area (Å²) >= 11 is 0. The van der Waals surface area contributed by atoms with E-state index in [0.29, 0.717) is 12.6 Å². The zero-order chi connectivity index (χ0) is 14.5. The van der Waals surface area contributed by atoms with Crippen molar-refractivity contribution >= 4 is 11.6 Å². The molecule has 110 valence electrons. The summed E-state index contributed by atoms with van der Waals surface area (Å²) in [5.41, 5.74) is 7.79. The molecule has 2 rings (SSSR count). The van der Waals surface area contributed by atoms with Gasteiger partial charge in [0.05, 0.1) is 6.54 Å². The maximum atomic E-state index is 12.3. The molecule has 0 saturated heterocycles. The Labute approximate surface area is 121 Å². The minimum absolute atomic E-state index is 0.228. The Kier molecular flexibility index (Phi) is 5.01. The minimum atomic E-state index is 0.228. The summed E-state index contributed by atoms with van der Waals surface area (Å²) in [4.78, 5) is 16.4. The van der Waals surface area contributed by atoms with E-state index in [-0.39, 0.29) is 5.91 Å². The van der Waals surface area contributed by atoms with Crippen LogP contribution in [0.1, 0.15) is 32.3 Å². The Morgan fingerprint density at radius 2 is 2.00 bits per heavy atom. The number of hydrogen-bond donors (Lipinski definition) is 1. The van der Waals surface area contributed by atoms with Crippen LogP contribution in [0.2, 0.25) is 0 Å². The van der Waals surface area contributed by atoms with E-state index in [1.54, 1.807) is 0 Å². The number of nitrogens with zero attached hydrogens (tertiary/aromatic N) is 2. The van der Waals surface area contributed by atoms with Crippen LogP contribution >= 0.6 is 0 Å². The summed E-state index contributed by atoms with van der Waals surface area (Å²) in [5.74, 6) is 0.228. The van der Waals surface area contributed by atoms with Crippen molar-refractivity contribution in [1.82, 2.24) is 9.80 Å². The van der Waals surface area contributed by atoms with Crippen LogP contribution in [0.5, 0.6) is 0 Å². The van der Waals surface area contributed by atoms with E-state index in [1.807, 2.05) is 36.9 Å². The van der Waals surface area contributed by atoms with Crippen molar-refractivity contribution in [3.8, 4) is 0 Å². The molecule has 0 unspecified atom stereocenters. The van der Waals surface area contributed by atoms with Gasteiger partial charge < -0.3 is 10.6 Å². The summed E-state index contributed by atoms with van der Waals surface area (Å²) in [6.45, 7) is 6.95. The number of rotatable bonds is 7. The summed E-state index contributed by atoms with van der Waals surface area (Å²) < 4.78 is 0. The molecule has 0 radical (unpaired) electrons. The van der Waals surface area contributed by atoms with Crippen molar-refractivity contribution in [3.05, 3.63) is 29.8 Å². The normalized spacial score (nSPS) is 14.6. The van der Waals surface area contributed by atoms with Gasteiger partial charge in [-0.05, 0) is 44.4 Å². The summed E-state index contributed by atoms with van der Waals surface area (Å²) in [7, 11) is 0. The van der Waals surface area contributed by atoms with E-state index in [1.165, 1.54) is 18.4 Å². The molecule has 0 spiro atoms. The highest BCUT2D eigenvalue weighted by Gasteiger charge is 2.31. The fraction of sp³-hybridized carbons (Fsp3) is 0.562. The molecule has 1 fully saturated rings. The smallest absolute Gasteiger partial charge is 0.236 e. The maximum Gasteiger partial charge on any atom is 0.236 e. The van der Waals surface area contributed by atoms with Gasteiger partial charge in [-0.3, -0.25) is 9.69 Å². The summed E-state index contributed by atoms with van der Waals surface area (Å²) in [6, 6.07) is 8.51. The monoisotopic (exact) mass is 275 g/mol. The van der Waals surface area contributed by atoms with Gasteiger partial charge >= 0.3 is 0 Å². The van der Waals surface area contributed by atoms with Crippen LogP contribution in [0.4, 0.5) is 5.69 Å². The third kappa shape index (κ3) is 3.97. The zero-order valence-electron chi connectivity index (χ0n) is 12.5. The van der Waals surface area contributed by atoms with Crippen molar-refractivity contribution in [2.45, 2.75) is 39.3 Å². The fourth-order valence-corrected chi connectivity index (χ4v) is 2.53. The molecule has 4 nitrogen and oxygen atoms in total. The first-order valence-electron chi connectivity index (χ1n) is 7.50. The number of hydrogen-bond acceptors (Lipinski definition) is 3. The summed E-state index contributed by atoms with van der Waals surface area (Å²) in [5, 5.41) is 0. The minimum Gasteiger partial charge on any atom is -0.399 e. The second-order valence-corrected chi connectivity index (χ2v) is 5.45. The molecule has 4 heteroatoms. The van der Waals surface area contributed by atoms with Gasteiger partial charge in [-0.1, -0.05) is 12.1 Å². The van der Waals surface area contributed by atoms with Crippen molar-refractivity contribution < 1.29 is 4.79 Å². The van der Waals surface area contributed by atoms with Gasteiger partial charge in [0.25, 0.3) is 0 Å². The molecular weight excluding hydrogens is 250 g/mol. The van der Waals surface area contributed by atoms with Gasteiger partial charge in [-0.25, -0.2) is 0 Å². The lowest BCUT2D eigenvalue weighted by Crippen LogP contribution is -2.40. The van der Waals surface area contributed by atoms with Crippen LogP contribution in [0.3, 0.4) is 0 Å². The fourth-order valence-electron chi connectivity index (χ4n) is 2.53. The largest absolute Gasteiger partial charge is 0.399 e. The van der Waals surface area contributed by atoms with Gasteiger partial charge in [0.15, 0.2) is 0 Å². The number of carbonyl (C=O) groups excluding carboxylic acids is 1. The predicted octanol–water partition coefficient (Wildman–Crippen LogP) is 2.10. The van der Waals surface area contributed by atoms with E-state index in [2.05, 4.69) is 11.0 Å². The quantitative estimate of drug-likeness (QED) is 0.775. The molecule has 0 atom stereocenters. The number of likely N-dealkylation sites (N-methyl/N-ethyl adjacent to an activating group) is 1. The number of amides is 1. The van der Waals surface area contributed by atoms with Gasteiger partial charge in [0.1, 0.15) is 0 Å². The molecule has 20 heavy (non-hydrogen) atoms. The number of benzene rings is 1. The molecule has 0 aromatic heterocycles. The Morgan fingerprint density at radius 1 is 1.30 bits per heavy atom. The molecule has 0 aliphatic heterocycles. The molecule has 0 bridgehead atoms. The van der Waals surface area contributed by atoms with E-state index in [9.17, 15) is 4.79 Å². The molecule has 1 saturated carbocycles. The van der Waals surface area contributed by atoms with E-state index in [0.717, 1.165) is 25.3 Å². The first-order valence-corrected chi connectivity index (χ1v) is 7.50. The first kappa shape index (κ1) is 14.9. The Balaban J connectivity index is 1.99. The van der Waals surface area contributed by atoms with Crippen LogP contribution < -0.4 is 5.73 Å². The van der Waals surface area contributed by atoms with Crippen LogP contribution in [-0.2, 0) is 11.3 Å². The highest BCUT2D eigenvalue weighted by Crippen LogP contribution is 2.28. The molecule has 1 aliphatic rings. The lowest BCUT2D eigenvalue weighted by molar-refractivity contribution is -0.132. The van der Waals surface area contributed by atoms with Crippen molar-refractivity contribution in [1.29, 1.82) is 0 Å². The van der Waals surface area contributed by atoms with Gasteiger partial charge in [0.2, 0.25) is 5.91 Å². The first-order chi connectivity index (χ1) is 9.63. The molecule has 1 aromatic carbocycles. The molecule has 2 N–H and O–H groups in total. The third-order valence-corrected chi connectivity index (χ3v) is 3.85. The van der Waals surface area contributed by atoms with E-state index < -0.39 is 0 Å². The summed E-state index contributed by atoms with van der Waals surface area (Å²) in [6.07, 6.45) is 2.40. The van der Waals surface area contributed by atoms with E-state index >= 15 is 0 Å². The second-order valence-electron chi connectivity index (χ2n) is 5.45. The average molecular weight is 275 g/mol. The van der Waals surface area contributed by atoms with Gasteiger partial charge in [0, 0.05) is 31.4 Å². The number of nitrogen functional groups attached to an aromatic ring is 1. The van der Waals surface area contributed by atoms with Crippen LogP contribution in [-0.4, -0.2) is 41.4 Å². The topological polar surface area (TPSA) is 49.6 Å².